The van der Waals surface area contributed by atoms with Gasteiger partial charge in [0.05, 0.1) is 10.6 Å². The summed E-state index contributed by atoms with van der Waals surface area (Å²) >= 11 is 6.04. The number of rotatable bonds is 9. The van der Waals surface area contributed by atoms with Crippen LogP contribution in [0.1, 0.15) is 45.0 Å². The molecule has 1 aromatic carbocycles. The Bertz CT molecular complexity index is 776. The fourth-order valence-corrected chi connectivity index (χ4v) is 4.17. The van der Waals surface area contributed by atoms with Gasteiger partial charge in [-0.1, -0.05) is 39.3 Å². The number of benzene rings is 1. The van der Waals surface area contributed by atoms with Crippen molar-refractivity contribution in [3.05, 3.63) is 28.8 Å². The van der Waals surface area contributed by atoms with E-state index in [0.29, 0.717) is 0 Å². The van der Waals surface area contributed by atoms with Gasteiger partial charge in [0.1, 0.15) is 4.90 Å². The van der Waals surface area contributed by atoms with Gasteiger partial charge in [0.15, 0.2) is 6.61 Å². The topological polar surface area (TPSA) is 92.8 Å². The van der Waals surface area contributed by atoms with Crippen molar-refractivity contribution in [3.8, 4) is 0 Å². The summed E-state index contributed by atoms with van der Waals surface area (Å²) in [6.45, 7) is 9.30. The molecule has 27 heavy (non-hydrogen) atoms. The number of ether oxygens (including phenoxy) is 1. The van der Waals surface area contributed by atoms with Crippen molar-refractivity contribution in [1.82, 2.24) is 9.62 Å². The SMILES string of the molecule is CCN(CC)S(=O)(=O)c1cc(C(=O)OCC(=O)N[C@@H](C)C(C)C)ccc1Cl. The lowest BCUT2D eigenvalue weighted by Gasteiger charge is -2.19. The van der Waals surface area contributed by atoms with E-state index in [1.54, 1.807) is 13.8 Å². The van der Waals surface area contributed by atoms with Crippen LogP contribution in [0.25, 0.3) is 0 Å². The molecule has 152 valence electrons. The van der Waals surface area contributed by atoms with Crippen LogP contribution in [0.15, 0.2) is 23.1 Å². The highest BCUT2D eigenvalue weighted by atomic mass is 35.5. The molecule has 0 aliphatic rings. The fourth-order valence-electron chi connectivity index (χ4n) is 2.21. The van der Waals surface area contributed by atoms with Crippen molar-refractivity contribution in [3.63, 3.8) is 0 Å². The molecule has 1 rings (SSSR count). The third-order valence-electron chi connectivity index (χ3n) is 4.21. The van der Waals surface area contributed by atoms with Gasteiger partial charge in [-0.05, 0) is 31.0 Å². The van der Waals surface area contributed by atoms with Crippen LogP contribution in [0.3, 0.4) is 0 Å². The maximum Gasteiger partial charge on any atom is 0.338 e. The monoisotopic (exact) mass is 418 g/mol. The van der Waals surface area contributed by atoms with E-state index in [1.807, 2.05) is 20.8 Å². The van der Waals surface area contributed by atoms with E-state index in [9.17, 15) is 18.0 Å². The van der Waals surface area contributed by atoms with Gasteiger partial charge in [0.25, 0.3) is 5.91 Å². The first kappa shape index (κ1) is 23.4. The molecule has 0 fully saturated rings. The standard InChI is InChI=1S/C18H27ClN2O5S/c1-6-21(7-2)27(24,25)16-10-14(8-9-15(16)19)18(23)26-11-17(22)20-13(5)12(3)4/h8-10,12-13H,6-7,11H2,1-5H3,(H,20,22)/t13-/m0/s1. The highest BCUT2D eigenvalue weighted by molar-refractivity contribution is 7.89. The van der Waals surface area contributed by atoms with Crippen molar-refractivity contribution in [1.29, 1.82) is 0 Å². The molecule has 0 unspecified atom stereocenters. The molecule has 0 aromatic heterocycles. The Balaban J connectivity index is 2.93. The van der Waals surface area contributed by atoms with Gasteiger partial charge in [0.2, 0.25) is 10.0 Å². The van der Waals surface area contributed by atoms with Crippen LogP contribution in [-0.4, -0.2) is 50.3 Å². The second-order valence-corrected chi connectivity index (χ2v) is 8.72. The summed E-state index contributed by atoms with van der Waals surface area (Å²) in [5.74, 6) is -0.974. The van der Waals surface area contributed by atoms with Crippen LogP contribution < -0.4 is 5.32 Å². The summed E-state index contributed by atoms with van der Waals surface area (Å²) in [5, 5.41) is 2.74. The number of amides is 1. The third kappa shape index (κ3) is 6.19. The molecule has 0 radical (unpaired) electrons. The first-order chi connectivity index (χ1) is 12.5. The van der Waals surface area contributed by atoms with Crippen molar-refractivity contribution in [2.75, 3.05) is 19.7 Å². The summed E-state index contributed by atoms with van der Waals surface area (Å²) < 4.78 is 31.6. The Morgan fingerprint density at radius 1 is 1.19 bits per heavy atom. The Morgan fingerprint density at radius 3 is 2.30 bits per heavy atom. The fraction of sp³-hybridized carbons (Fsp3) is 0.556. The predicted molar refractivity (Wildman–Crippen MR) is 104 cm³/mol. The Morgan fingerprint density at radius 2 is 1.78 bits per heavy atom. The zero-order chi connectivity index (χ0) is 20.8. The van der Waals surface area contributed by atoms with Gasteiger partial charge in [0, 0.05) is 19.1 Å². The van der Waals surface area contributed by atoms with Gasteiger partial charge in [-0.15, -0.1) is 0 Å². The number of hydrogen-bond donors (Lipinski definition) is 1. The number of sulfonamides is 1. The molecular formula is C18H27ClN2O5S. The van der Waals surface area contributed by atoms with Crippen LogP contribution in [-0.2, 0) is 19.6 Å². The summed E-state index contributed by atoms with van der Waals surface area (Å²) in [6, 6.07) is 3.81. The molecule has 1 atom stereocenters. The minimum absolute atomic E-state index is 0.00911. The number of hydrogen-bond acceptors (Lipinski definition) is 5. The van der Waals surface area contributed by atoms with Crippen LogP contribution in [0.4, 0.5) is 0 Å². The lowest BCUT2D eigenvalue weighted by molar-refractivity contribution is -0.125. The summed E-state index contributed by atoms with van der Waals surface area (Å²) in [7, 11) is -3.83. The van der Waals surface area contributed by atoms with Gasteiger partial charge < -0.3 is 10.1 Å². The lowest BCUT2D eigenvalue weighted by Crippen LogP contribution is -2.38. The van der Waals surface area contributed by atoms with E-state index in [0.717, 1.165) is 0 Å². The molecule has 0 saturated heterocycles. The molecule has 0 bridgehead atoms. The quantitative estimate of drug-likeness (QED) is 0.622. The van der Waals surface area contributed by atoms with Crippen LogP contribution in [0.5, 0.6) is 0 Å². The molecule has 7 nitrogen and oxygen atoms in total. The number of esters is 1. The molecule has 0 spiro atoms. The number of carbonyl (C=O) groups excluding carboxylic acids is 2. The minimum atomic E-state index is -3.83. The van der Waals surface area contributed by atoms with Crippen molar-refractivity contribution in [2.45, 2.75) is 45.6 Å². The molecule has 0 aliphatic carbocycles. The Labute approximate surface area is 166 Å². The number of carbonyl (C=O) groups is 2. The molecular weight excluding hydrogens is 392 g/mol. The summed E-state index contributed by atoms with van der Waals surface area (Å²) in [4.78, 5) is 23.9. The Hall–Kier alpha value is -1.64. The number of halogens is 1. The molecule has 1 amide bonds. The maximum atomic E-state index is 12.7. The van der Waals surface area contributed by atoms with E-state index in [1.165, 1.54) is 22.5 Å². The average molecular weight is 419 g/mol. The summed E-state index contributed by atoms with van der Waals surface area (Å²) in [5.41, 5.74) is 0.00911. The first-order valence-electron chi connectivity index (χ1n) is 8.80. The average Bonchev–Trinajstić information content (AvgIpc) is 2.60. The molecule has 1 N–H and O–H groups in total. The highest BCUT2D eigenvalue weighted by Gasteiger charge is 2.26. The number of nitrogens with one attached hydrogen (secondary N) is 1. The summed E-state index contributed by atoms with van der Waals surface area (Å²) in [6.07, 6.45) is 0. The maximum absolute atomic E-state index is 12.7. The normalized spacial score (nSPS) is 12.9. The Kier molecular flexibility index (Phi) is 8.71. The zero-order valence-corrected chi connectivity index (χ0v) is 17.9. The van der Waals surface area contributed by atoms with E-state index < -0.39 is 28.5 Å². The number of nitrogens with zero attached hydrogens (tertiary/aromatic N) is 1. The molecule has 1 aromatic rings. The van der Waals surface area contributed by atoms with Crippen molar-refractivity contribution >= 4 is 33.5 Å². The second kappa shape index (κ2) is 10.1. The molecule has 0 heterocycles. The van der Waals surface area contributed by atoms with Gasteiger partial charge >= 0.3 is 5.97 Å². The van der Waals surface area contributed by atoms with Crippen LogP contribution in [0, 0.1) is 5.92 Å². The van der Waals surface area contributed by atoms with Crippen molar-refractivity contribution < 1.29 is 22.7 Å². The van der Waals surface area contributed by atoms with Crippen molar-refractivity contribution in [2.24, 2.45) is 5.92 Å². The molecule has 0 aliphatic heterocycles. The third-order valence-corrected chi connectivity index (χ3v) is 6.74. The first-order valence-corrected chi connectivity index (χ1v) is 10.6. The van der Waals surface area contributed by atoms with Crippen LogP contribution >= 0.6 is 11.6 Å². The molecule has 9 heteroatoms. The zero-order valence-electron chi connectivity index (χ0n) is 16.3. The minimum Gasteiger partial charge on any atom is -0.452 e. The van der Waals surface area contributed by atoms with Gasteiger partial charge in [-0.3, -0.25) is 4.79 Å². The van der Waals surface area contributed by atoms with Gasteiger partial charge in [-0.25, -0.2) is 13.2 Å². The predicted octanol–water partition coefficient (Wildman–Crippen LogP) is 2.69. The van der Waals surface area contributed by atoms with E-state index in [-0.39, 0.29) is 40.5 Å². The second-order valence-electron chi connectivity index (χ2n) is 6.41. The lowest BCUT2D eigenvalue weighted by atomic mass is 10.1. The van der Waals surface area contributed by atoms with Crippen LogP contribution in [0.2, 0.25) is 5.02 Å². The molecule has 0 saturated carbocycles. The smallest absolute Gasteiger partial charge is 0.338 e. The van der Waals surface area contributed by atoms with E-state index >= 15 is 0 Å². The van der Waals surface area contributed by atoms with E-state index in [4.69, 9.17) is 16.3 Å². The van der Waals surface area contributed by atoms with Gasteiger partial charge in [-0.2, -0.15) is 4.31 Å². The largest absolute Gasteiger partial charge is 0.452 e. The van der Waals surface area contributed by atoms with E-state index in [2.05, 4.69) is 5.32 Å². The highest BCUT2D eigenvalue weighted by Crippen LogP contribution is 2.26.